The average molecular weight is 271 g/mol. The van der Waals surface area contributed by atoms with Crippen molar-refractivity contribution < 1.29 is 4.79 Å². The summed E-state index contributed by atoms with van der Waals surface area (Å²) in [6.45, 7) is 0. The summed E-state index contributed by atoms with van der Waals surface area (Å²) in [5, 5.41) is 1.03. The van der Waals surface area contributed by atoms with Crippen LogP contribution in [0, 0.1) is 0 Å². The Kier molecular flexibility index (Phi) is 2.68. The average Bonchev–Trinajstić information content (AvgIpc) is 2.54. The van der Waals surface area contributed by atoms with Crippen molar-refractivity contribution in [2.45, 2.75) is 6.42 Å². The zero-order valence-electron chi connectivity index (χ0n) is 11.4. The van der Waals surface area contributed by atoms with Crippen LogP contribution in [0.2, 0.25) is 0 Å². The summed E-state index contributed by atoms with van der Waals surface area (Å²) >= 11 is 0. The van der Waals surface area contributed by atoms with Crippen LogP contribution in [0.1, 0.15) is 22.5 Å². The number of aromatic nitrogens is 1. The van der Waals surface area contributed by atoms with Crippen LogP contribution < -0.4 is 0 Å². The van der Waals surface area contributed by atoms with Crippen molar-refractivity contribution in [2.24, 2.45) is 0 Å². The van der Waals surface area contributed by atoms with Crippen LogP contribution in [0.4, 0.5) is 0 Å². The van der Waals surface area contributed by atoms with Crippen LogP contribution >= 0.6 is 0 Å². The summed E-state index contributed by atoms with van der Waals surface area (Å²) in [5.74, 6) is 0.143. The largest absolute Gasteiger partial charge is 0.294 e. The Bertz CT molecular complexity index is 879. The van der Waals surface area contributed by atoms with E-state index in [1.165, 1.54) is 0 Å². The molecule has 1 aliphatic carbocycles. The first-order valence-electron chi connectivity index (χ1n) is 7.02. The van der Waals surface area contributed by atoms with Gasteiger partial charge in [-0.1, -0.05) is 54.6 Å². The molecule has 0 radical (unpaired) electrons. The standard InChI is InChI=1S/C19H13NO/c21-17-12-6-11-16-19(17)18(13-7-2-1-3-8-13)14-9-4-5-10-15(14)20-16/h1-11H,12H2. The van der Waals surface area contributed by atoms with Gasteiger partial charge in [0.05, 0.1) is 16.8 Å². The summed E-state index contributed by atoms with van der Waals surface area (Å²) in [6.07, 6.45) is 4.30. The molecule has 0 saturated heterocycles. The van der Waals surface area contributed by atoms with E-state index in [-0.39, 0.29) is 5.78 Å². The van der Waals surface area contributed by atoms with Gasteiger partial charge in [-0.25, -0.2) is 4.98 Å². The number of hydrogen-bond donors (Lipinski definition) is 0. The number of para-hydroxylation sites is 1. The van der Waals surface area contributed by atoms with Gasteiger partial charge in [-0.3, -0.25) is 4.79 Å². The van der Waals surface area contributed by atoms with Crippen molar-refractivity contribution in [1.29, 1.82) is 0 Å². The van der Waals surface area contributed by atoms with Crippen LogP contribution in [-0.4, -0.2) is 10.8 Å². The molecule has 0 atom stereocenters. The lowest BCUT2D eigenvalue weighted by Gasteiger charge is -2.17. The van der Waals surface area contributed by atoms with Gasteiger partial charge in [-0.2, -0.15) is 0 Å². The quantitative estimate of drug-likeness (QED) is 0.652. The van der Waals surface area contributed by atoms with Gasteiger partial charge in [0.1, 0.15) is 0 Å². The number of nitrogens with zero attached hydrogens (tertiary/aromatic N) is 1. The van der Waals surface area contributed by atoms with Crippen molar-refractivity contribution in [3.63, 3.8) is 0 Å². The van der Waals surface area contributed by atoms with E-state index in [2.05, 4.69) is 4.98 Å². The SMILES string of the molecule is O=C1CC=Cc2nc3ccccc3c(-c3ccccc3)c21. The highest BCUT2D eigenvalue weighted by Crippen LogP contribution is 2.35. The summed E-state index contributed by atoms with van der Waals surface area (Å²) in [7, 11) is 0. The second kappa shape index (κ2) is 4.67. The number of ketones is 1. The molecule has 0 aliphatic heterocycles. The fraction of sp³-hybridized carbons (Fsp3) is 0.0526. The minimum atomic E-state index is 0.143. The number of fused-ring (bicyclic) bond motifs is 2. The lowest BCUT2D eigenvalue weighted by atomic mass is 9.89. The van der Waals surface area contributed by atoms with Crippen molar-refractivity contribution in [1.82, 2.24) is 4.98 Å². The molecular weight excluding hydrogens is 258 g/mol. The highest BCUT2D eigenvalue weighted by molar-refractivity contribution is 6.13. The fourth-order valence-electron chi connectivity index (χ4n) is 2.92. The number of pyridine rings is 1. The van der Waals surface area contributed by atoms with Gasteiger partial charge in [-0.15, -0.1) is 0 Å². The number of benzene rings is 2. The van der Waals surface area contributed by atoms with Gasteiger partial charge in [0.15, 0.2) is 5.78 Å². The molecule has 0 unspecified atom stereocenters. The zero-order valence-corrected chi connectivity index (χ0v) is 11.4. The number of rotatable bonds is 1. The van der Waals surface area contributed by atoms with Crippen LogP contribution in [0.15, 0.2) is 60.7 Å². The molecule has 2 aromatic carbocycles. The maximum absolute atomic E-state index is 12.4. The van der Waals surface area contributed by atoms with Gasteiger partial charge in [-0.05, 0) is 17.7 Å². The normalized spacial score (nSPS) is 13.4. The van der Waals surface area contributed by atoms with Crippen molar-refractivity contribution in [2.75, 3.05) is 0 Å². The molecular formula is C19H13NO. The van der Waals surface area contributed by atoms with Gasteiger partial charge in [0.25, 0.3) is 0 Å². The molecule has 0 spiro atoms. The molecule has 2 heteroatoms. The fourth-order valence-corrected chi connectivity index (χ4v) is 2.92. The smallest absolute Gasteiger partial charge is 0.169 e. The Morgan fingerprint density at radius 1 is 0.857 bits per heavy atom. The van der Waals surface area contributed by atoms with Gasteiger partial charge in [0.2, 0.25) is 0 Å². The first-order chi connectivity index (χ1) is 10.3. The van der Waals surface area contributed by atoms with E-state index in [9.17, 15) is 4.79 Å². The van der Waals surface area contributed by atoms with E-state index < -0.39 is 0 Å². The molecule has 4 rings (SSSR count). The lowest BCUT2D eigenvalue weighted by molar-refractivity contribution is 0.0995. The topological polar surface area (TPSA) is 30.0 Å². The maximum Gasteiger partial charge on any atom is 0.169 e. The van der Waals surface area contributed by atoms with E-state index in [1.807, 2.05) is 66.7 Å². The Labute approximate surface area is 122 Å². The Hall–Kier alpha value is -2.74. The third kappa shape index (κ3) is 1.88. The van der Waals surface area contributed by atoms with Crippen molar-refractivity contribution in [3.8, 4) is 11.1 Å². The molecule has 3 aromatic rings. The van der Waals surface area contributed by atoms with Crippen LogP contribution in [0.25, 0.3) is 28.1 Å². The molecule has 0 N–H and O–H groups in total. The minimum absolute atomic E-state index is 0.143. The minimum Gasteiger partial charge on any atom is -0.294 e. The van der Waals surface area contributed by atoms with E-state index >= 15 is 0 Å². The van der Waals surface area contributed by atoms with E-state index in [0.29, 0.717) is 6.42 Å². The molecule has 21 heavy (non-hydrogen) atoms. The van der Waals surface area contributed by atoms with Gasteiger partial charge in [0, 0.05) is 17.4 Å². The van der Waals surface area contributed by atoms with Crippen molar-refractivity contribution >= 4 is 22.8 Å². The second-order valence-corrected chi connectivity index (χ2v) is 5.16. The number of hydrogen-bond acceptors (Lipinski definition) is 2. The van der Waals surface area contributed by atoms with E-state index in [1.54, 1.807) is 0 Å². The zero-order chi connectivity index (χ0) is 14.2. The molecule has 0 bridgehead atoms. The summed E-state index contributed by atoms with van der Waals surface area (Å²) in [5.41, 5.74) is 4.53. The first-order valence-corrected chi connectivity index (χ1v) is 7.02. The Morgan fingerprint density at radius 2 is 1.62 bits per heavy atom. The predicted octanol–water partition coefficient (Wildman–Crippen LogP) is 4.50. The third-order valence-corrected chi connectivity index (χ3v) is 3.84. The van der Waals surface area contributed by atoms with E-state index in [0.717, 1.165) is 33.3 Å². The molecule has 0 fully saturated rings. The van der Waals surface area contributed by atoms with E-state index in [4.69, 9.17) is 0 Å². The van der Waals surface area contributed by atoms with Gasteiger partial charge < -0.3 is 0 Å². The summed E-state index contributed by atoms with van der Waals surface area (Å²) in [4.78, 5) is 17.1. The molecule has 0 saturated carbocycles. The molecule has 2 nitrogen and oxygen atoms in total. The molecule has 1 aromatic heterocycles. The summed E-state index contributed by atoms with van der Waals surface area (Å²) in [6, 6.07) is 18.1. The highest BCUT2D eigenvalue weighted by atomic mass is 16.1. The number of Topliss-reactive ketones (excluding diaryl/α,β-unsaturated/α-hetero) is 1. The van der Waals surface area contributed by atoms with Crippen LogP contribution in [0.5, 0.6) is 0 Å². The molecule has 1 aliphatic rings. The monoisotopic (exact) mass is 271 g/mol. The molecule has 0 amide bonds. The van der Waals surface area contributed by atoms with Crippen molar-refractivity contribution in [3.05, 3.63) is 71.9 Å². The predicted molar refractivity (Wildman–Crippen MR) is 85.2 cm³/mol. The Balaban J connectivity index is 2.18. The first kappa shape index (κ1) is 12.0. The van der Waals surface area contributed by atoms with Gasteiger partial charge >= 0.3 is 0 Å². The van der Waals surface area contributed by atoms with Crippen LogP contribution in [0.3, 0.4) is 0 Å². The number of carbonyl (C=O) groups is 1. The summed E-state index contributed by atoms with van der Waals surface area (Å²) < 4.78 is 0. The Morgan fingerprint density at radius 3 is 2.48 bits per heavy atom. The van der Waals surface area contributed by atoms with Crippen LogP contribution in [-0.2, 0) is 0 Å². The third-order valence-electron chi connectivity index (χ3n) is 3.84. The lowest BCUT2D eigenvalue weighted by Crippen LogP contribution is -2.09. The second-order valence-electron chi connectivity index (χ2n) is 5.16. The number of allylic oxidation sites excluding steroid dienone is 1. The molecule has 1 heterocycles. The number of carbonyl (C=O) groups excluding carboxylic acids is 1. The maximum atomic E-state index is 12.4. The molecule has 100 valence electrons. The highest BCUT2D eigenvalue weighted by Gasteiger charge is 2.22.